The van der Waals surface area contributed by atoms with E-state index in [0.29, 0.717) is 17.8 Å². The average Bonchev–Trinajstić information content (AvgIpc) is 2.49. The van der Waals surface area contributed by atoms with Crippen LogP contribution in [0.1, 0.15) is 18.1 Å². The highest BCUT2D eigenvalue weighted by Gasteiger charge is 2.13. The molecular weight excluding hydrogens is 269 g/mol. The molecule has 4 nitrogen and oxygen atoms in total. The quantitative estimate of drug-likeness (QED) is 0.392. The SMILES string of the molecule is CCN(c1ccc(/C(N)=N/O)c(C)c1)c1ccccc1F. The number of aryl methyl sites for hydroxylation is 1. The summed E-state index contributed by atoms with van der Waals surface area (Å²) in [5, 5.41) is 11.8. The van der Waals surface area contributed by atoms with E-state index in [4.69, 9.17) is 10.9 Å². The normalized spacial score (nSPS) is 11.5. The van der Waals surface area contributed by atoms with Gasteiger partial charge in [-0.25, -0.2) is 4.39 Å². The second-order valence-corrected chi connectivity index (χ2v) is 4.68. The zero-order valence-electron chi connectivity index (χ0n) is 12.0. The Kier molecular flexibility index (Phi) is 4.42. The van der Waals surface area contributed by atoms with Gasteiger partial charge in [-0.3, -0.25) is 0 Å². The fourth-order valence-corrected chi connectivity index (χ4v) is 2.32. The van der Waals surface area contributed by atoms with Crippen molar-refractivity contribution in [1.82, 2.24) is 0 Å². The summed E-state index contributed by atoms with van der Waals surface area (Å²) in [6.45, 7) is 4.45. The number of hydrogen-bond donors (Lipinski definition) is 2. The van der Waals surface area contributed by atoms with Crippen molar-refractivity contribution >= 4 is 17.2 Å². The molecule has 0 radical (unpaired) electrons. The van der Waals surface area contributed by atoms with E-state index in [9.17, 15) is 4.39 Å². The molecule has 0 heterocycles. The molecule has 0 atom stereocenters. The van der Waals surface area contributed by atoms with E-state index in [1.54, 1.807) is 24.3 Å². The molecule has 2 rings (SSSR count). The highest BCUT2D eigenvalue weighted by atomic mass is 19.1. The van der Waals surface area contributed by atoms with Crippen molar-refractivity contribution in [1.29, 1.82) is 0 Å². The lowest BCUT2D eigenvalue weighted by Crippen LogP contribution is -2.19. The predicted molar refractivity (Wildman–Crippen MR) is 82.8 cm³/mol. The van der Waals surface area contributed by atoms with E-state index in [1.165, 1.54) is 6.07 Å². The van der Waals surface area contributed by atoms with E-state index < -0.39 is 0 Å². The molecule has 0 bridgehead atoms. The monoisotopic (exact) mass is 287 g/mol. The van der Waals surface area contributed by atoms with E-state index in [-0.39, 0.29) is 11.7 Å². The minimum atomic E-state index is -0.266. The first-order valence-corrected chi connectivity index (χ1v) is 6.69. The van der Waals surface area contributed by atoms with Gasteiger partial charge >= 0.3 is 0 Å². The van der Waals surface area contributed by atoms with Crippen LogP contribution < -0.4 is 10.6 Å². The van der Waals surface area contributed by atoms with Gasteiger partial charge < -0.3 is 15.8 Å². The van der Waals surface area contributed by atoms with E-state index in [0.717, 1.165) is 11.3 Å². The second kappa shape index (κ2) is 6.26. The molecule has 0 unspecified atom stereocenters. The van der Waals surface area contributed by atoms with Crippen LogP contribution in [-0.4, -0.2) is 17.6 Å². The summed E-state index contributed by atoms with van der Waals surface area (Å²) in [5.74, 6) is -0.203. The molecule has 2 aromatic carbocycles. The summed E-state index contributed by atoms with van der Waals surface area (Å²) < 4.78 is 14.0. The summed E-state index contributed by atoms with van der Waals surface area (Å²) in [6.07, 6.45) is 0. The van der Waals surface area contributed by atoms with Gasteiger partial charge in [-0.15, -0.1) is 0 Å². The number of amidine groups is 1. The Morgan fingerprint density at radius 1 is 1.29 bits per heavy atom. The Morgan fingerprint density at radius 2 is 2.00 bits per heavy atom. The van der Waals surface area contributed by atoms with Crippen LogP contribution in [0.4, 0.5) is 15.8 Å². The van der Waals surface area contributed by atoms with Crippen LogP contribution in [-0.2, 0) is 0 Å². The van der Waals surface area contributed by atoms with E-state index in [1.807, 2.05) is 30.9 Å². The second-order valence-electron chi connectivity index (χ2n) is 4.68. The third kappa shape index (κ3) is 2.97. The van der Waals surface area contributed by atoms with Crippen molar-refractivity contribution in [3.63, 3.8) is 0 Å². The minimum absolute atomic E-state index is 0.0630. The van der Waals surface area contributed by atoms with Gasteiger partial charge in [0.2, 0.25) is 0 Å². The van der Waals surface area contributed by atoms with Crippen molar-refractivity contribution in [3.05, 3.63) is 59.4 Å². The third-order valence-corrected chi connectivity index (χ3v) is 3.36. The van der Waals surface area contributed by atoms with E-state index in [2.05, 4.69) is 5.16 Å². The lowest BCUT2D eigenvalue weighted by molar-refractivity contribution is 0.318. The largest absolute Gasteiger partial charge is 0.409 e. The highest BCUT2D eigenvalue weighted by Crippen LogP contribution is 2.28. The molecule has 110 valence electrons. The molecule has 0 aliphatic heterocycles. The Hall–Kier alpha value is -2.56. The van der Waals surface area contributed by atoms with Gasteiger partial charge in [0.1, 0.15) is 5.82 Å². The molecule has 3 N–H and O–H groups in total. The number of para-hydroxylation sites is 1. The lowest BCUT2D eigenvalue weighted by Gasteiger charge is -2.24. The van der Waals surface area contributed by atoms with Crippen molar-refractivity contribution in [3.8, 4) is 0 Å². The van der Waals surface area contributed by atoms with Gasteiger partial charge in [0.05, 0.1) is 5.69 Å². The maximum atomic E-state index is 14.0. The van der Waals surface area contributed by atoms with Crippen molar-refractivity contribution < 1.29 is 9.60 Å². The molecule has 0 amide bonds. The molecule has 0 saturated carbocycles. The number of rotatable bonds is 4. The van der Waals surface area contributed by atoms with Gasteiger partial charge in [-0.2, -0.15) is 0 Å². The molecule has 0 aliphatic rings. The van der Waals surface area contributed by atoms with Crippen molar-refractivity contribution in [2.45, 2.75) is 13.8 Å². The fourth-order valence-electron chi connectivity index (χ4n) is 2.32. The number of benzene rings is 2. The van der Waals surface area contributed by atoms with Gasteiger partial charge in [0.25, 0.3) is 0 Å². The molecule has 0 spiro atoms. The molecule has 0 saturated heterocycles. The zero-order valence-corrected chi connectivity index (χ0v) is 12.0. The Balaban J connectivity index is 2.45. The topological polar surface area (TPSA) is 61.8 Å². The van der Waals surface area contributed by atoms with Gasteiger partial charge in [-0.05, 0) is 49.7 Å². The molecule has 21 heavy (non-hydrogen) atoms. The Labute approximate surface area is 123 Å². The van der Waals surface area contributed by atoms with Gasteiger partial charge in [0.15, 0.2) is 5.84 Å². The van der Waals surface area contributed by atoms with Crippen LogP contribution in [0.15, 0.2) is 47.6 Å². The first-order chi connectivity index (χ1) is 10.1. The lowest BCUT2D eigenvalue weighted by atomic mass is 10.1. The average molecular weight is 287 g/mol. The first-order valence-electron chi connectivity index (χ1n) is 6.69. The number of nitrogens with two attached hydrogens (primary N) is 1. The van der Waals surface area contributed by atoms with Crippen LogP contribution in [0.2, 0.25) is 0 Å². The molecule has 5 heteroatoms. The number of hydrogen-bond acceptors (Lipinski definition) is 3. The Morgan fingerprint density at radius 3 is 2.57 bits per heavy atom. The summed E-state index contributed by atoms with van der Waals surface area (Å²) in [4.78, 5) is 1.87. The van der Waals surface area contributed by atoms with Gasteiger partial charge in [-0.1, -0.05) is 17.3 Å². The van der Waals surface area contributed by atoms with E-state index >= 15 is 0 Å². The summed E-state index contributed by atoms with van der Waals surface area (Å²) in [7, 11) is 0. The number of oxime groups is 1. The standard InChI is InChI=1S/C16H18FN3O/c1-3-20(15-7-5-4-6-14(15)17)12-8-9-13(11(2)10-12)16(18)19-21/h4-10,21H,3H2,1-2H3,(H2,18,19). The maximum absolute atomic E-state index is 14.0. The number of nitrogens with zero attached hydrogens (tertiary/aromatic N) is 2. The minimum Gasteiger partial charge on any atom is -0.409 e. The highest BCUT2D eigenvalue weighted by molar-refractivity contribution is 5.98. The van der Waals surface area contributed by atoms with Crippen molar-refractivity contribution in [2.24, 2.45) is 10.9 Å². The first kappa shape index (κ1) is 14.8. The summed E-state index contributed by atoms with van der Waals surface area (Å²) in [6, 6.07) is 12.1. The van der Waals surface area contributed by atoms with Gasteiger partial charge in [0, 0.05) is 17.8 Å². The molecular formula is C16H18FN3O. The van der Waals surface area contributed by atoms with Crippen molar-refractivity contribution in [2.75, 3.05) is 11.4 Å². The molecule has 0 aliphatic carbocycles. The molecule has 0 fully saturated rings. The Bertz CT molecular complexity index is 670. The maximum Gasteiger partial charge on any atom is 0.170 e. The zero-order chi connectivity index (χ0) is 15.4. The van der Waals surface area contributed by atoms with Crippen LogP contribution in [0.25, 0.3) is 0 Å². The van der Waals surface area contributed by atoms with Crippen LogP contribution >= 0.6 is 0 Å². The summed E-state index contributed by atoms with van der Waals surface area (Å²) >= 11 is 0. The summed E-state index contributed by atoms with van der Waals surface area (Å²) in [5.41, 5.74) is 8.51. The molecule has 2 aromatic rings. The molecule has 0 aromatic heterocycles. The number of halogens is 1. The smallest absolute Gasteiger partial charge is 0.170 e. The third-order valence-electron chi connectivity index (χ3n) is 3.36. The fraction of sp³-hybridized carbons (Fsp3) is 0.188. The predicted octanol–water partition coefficient (Wildman–Crippen LogP) is 3.39. The number of anilines is 2. The van der Waals surface area contributed by atoms with Crippen LogP contribution in [0.5, 0.6) is 0 Å². The van der Waals surface area contributed by atoms with Crippen LogP contribution in [0, 0.1) is 12.7 Å². The van der Waals surface area contributed by atoms with Crippen LogP contribution in [0.3, 0.4) is 0 Å².